The minimum absolute atomic E-state index is 0.152. The van der Waals surface area contributed by atoms with Crippen molar-refractivity contribution in [3.8, 4) is 0 Å². The quantitative estimate of drug-likeness (QED) is 0.800. The number of carbonyl (C=O) groups is 2. The van der Waals surface area contributed by atoms with Gasteiger partial charge in [0, 0.05) is 30.2 Å². The molecule has 3 rings (SSSR count). The first kappa shape index (κ1) is 14.6. The van der Waals surface area contributed by atoms with E-state index in [9.17, 15) is 9.59 Å². The summed E-state index contributed by atoms with van der Waals surface area (Å²) < 4.78 is 7.19. The summed E-state index contributed by atoms with van der Waals surface area (Å²) in [5.74, 6) is 0. The summed E-state index contributed by atoms with van der Waals surface area (Å²) in [6, 6.07) is 5.57. The molecule has 0 atom stereocenters. The van der Waals surface area contributed by atoms with E-state index >= 15 is 0 Å². The Morgan fingerprint density at radius 1 is 1.36 bits per heavy atom. The van der Waals surface area contributed by atoms with E-state index in [-0.39, 0.29) is 12.1 Å². The Kier molecular flexibility index (Phi) is 3.39. The standard InChI is InChI=1S/C16H19N3O3/c1-16(2,3)22-15(21)18-8-13(9-18)19-7-12-5-4-11(10-20)6-14(12)17-19/h4-7,10,13H,8-9H2,1-3H3. The summed E-state index contributed by atoms with van der Waals surface area (Å²) in [7, 11) is 0. The number of carbonyl (C=O) groups excluding carboxylic acids is 2. The molecule has 1 aromatic carbocycles. The smallest absolute Gasteiger partial charge is 0.410 e. The third-order valence-electron chi connectivity index (χ3n) is 3.57. The zero-order valence-electron chi connectivity index (χ0n) is 12.9. The van der Waals surface area contributed by atoms with E-state index in [1.165, 1.54) is 0 Å². The van der Waals surface area contributed by atoms with Crippen molar-refractivity contribution in [3.63, 3.8) is 0 Å². The topological polar surface area (TPSA) is 64.4 Å². The third kappa shape index (κ3) is 2.81. The fourth-order valence-electron chi connectivity index (χ4n) is 2.41. The number of ether oxygens (including phenoxy) is 1. The highest BCUT2D eigenvalue weighted by Gasteiger charge is 2.35. The average molecular weight is 301 g/mol. The first-order chi connectivity index (χ1) is 10.4. The minimum Gasteiger partial charge on any atom is -0.444 e. The maximum Gasteiger partial charge on any atom is 0.410 e. The molecule has 1 aliphatic rings. The molecular weight excluding hydrogens is 282 g/mol. The van der Waals surface area contributed by atoms with Gasteiger partial charge in [0.25, 0.3) is 0 Å². The number of benzene rings is 1. The minimum atomic E-state index is -0.478. The van der Waals surface area contributed by atoms with Gasteiger partial charge in [-0.25, -0.2) is 4.79 Å². The zero-order chi connectivity index (χ0) is 15.9. The van der Waals surface area contributed by atoms with Gasteiger partial charge in [-0.2, -0.15) is 5.10 Å². The Bertz CT molecular complexity index is 724. The molecule has 22 heavy (non-hydrogen) atoms. The van der Waals surface area contributed by atoms with Crippen LogP contribution in [0.2, 0.25) is 0 Å². The summed E-state index contributed by atoms with van der Waals surface area (Å²) in [4.78, 5) is 24.4. The number of hydrogen-bond donors (Lipinski definition) is 0. The average Bonchev–Trinajstić information content (AvgIpc) is 2.76. The summed E-state index contributed by atoms with van der Waals surface area (Å²) in [6.45, 7) is 6.74. The molecule has 0 N–H and O–H groups in total. The van der Waals surface area contributed by atoms with E-state index in [2.05, 4.69) is 5.10 Å². The van der Waals surface area contributed by atoms with Crippen molar-refractivity contribution >= 4 is 23.3 Å². The monoisotopic (exact) mass is 301 g/mol. The lowest BCUT2D eigenvalue weighted by Crippen LogP contribution is -2.52. The maximum atomic E-state index is 11.9. The second-order valence-electron chi connectivity index (χ2n) is 6.58. The number of rotatable bonds is 2. The van der Waals surface area contributed by atoms with Crippen LogP contribution in [0.4, 0.5) is 4.79 Å². The molecule has 1 aromatic heterocycles. The highest BCUT2D eigenvalue weighted by atomic mass is 16.6. The van der Waals surface area contributed by atoms with Gasteiger partial charge < -0.3 is 9.64 Å². The molecular formula is C16H19N3O3. The fraction of sp³-hybridized carbons (Fsp3) is 0.438. The molecule has 0 aliphatic carbocycles. The Morgan fingerprint density at radius 3 is 2.73 bits per heavy atom. The van der Waals surface area contributed by atoms with Gasteiger partial charge in [-0.15, -0.1) is 0 Å². The van der Waals surface area contributed by atoms with Crippen molar-refractivity contribution in [3.05, 3.63) is 30.0 Å². The molecule has 0 bridgehead atoms. The molecule has 0 unspecified atom stereocenters. The molecule has 1 fully saturated rings. The first-order valence-electron chi connectivity index (χ1n) is 7.28. The molecule has 1 saturated heterocycles. The number of aldehydes is 1. The maximum absolute atomic E-state index is 11.9. The predicted molar refractivity (Wildman–Crippen MR) is 82.0 cm³/mol. The number of likely N-dealkylation sites (tertiary alicyclic amines) is 1. The van der Waals surface area contributed by atoms with Crippen LogP contribution >= 0.6 is 0 Å². The van der Waals surface area contributed by atoms with Gasteiger partial charge in [-0.3, -0.25) is 9.48 Å². The Hall–Kier alpha value is -2.37. The number of hydrogen-bond acceptors (Lipinski definition) is 4. The number of fused-ring (bicyclic) bond motifs is 1. The third-order valence-corrected chi connectivity index (χ3v) is 3.57. The van der Waals surface area contributed by atoms with Crippen LogP contribution in [0.15, 0.2) is 24.4 Å². The van der Waals surface area contributed by atoms with Crippen molar-refractivity contribution in [2.75, 3.05) is 13.1 Å². The molecule has 2 aromatic rings. The summed E-state index contributed by atoms with van der Waals surface area (Å²) in [5, 5.41) is 5.48. The van der Waals surface area contributed by atoms with E-state index in [0.29, 0.717) is 18.7 Å². The van der Waals surface area contributed by atoms with Crippen LogP contribution in [0.5, 0.6) is 0 Å². The Labute approximate surface area is 128 Å². The van der Waals surface area contributed by atoms with Crippen molar-refractivity contribution in [1.82, 2.24) is 14.7 Å². The van der Waals surface area contributed by atoms with Crippen LogP contribution in [0.3, 0.4) is 0 Å². The summed E-state index contributed by atoms with van der Waals surface area (Å²) in [5.41, 5.74) is 0.926. The van der Waals surface area contributed by atoms with Crippen molar-refractivity contribution in [2.45, 2.75) is 32.4 Å². The number of amides is 1. The summed E-state index contributed by atoms with van der Waals surface area (Å²) in [6.07, 6.45) is 2.47. The van der Waals surface area contributed by atoms with E-state index < -0.39 is 5.60 Å². The number of nitrogens with zero attached hydrogens (tertiary/aromatic N) is 3. The lowest BCUT2D eigenvalue weighted by Gasteiger charge is -2.39. The fourth-order valence-corrected chi connectivity index (χ4v) is 2.41. The second-order valence-corrected chi connectivity index (χ2v) is 6.58. The van der Waals surface area contributed by atoms with E-state index in [1.807, 2.05) is 37.7 Å². The normalized spacial score (nSPS) is 15.7. The van der Waals surface area contributed by atoms with Gasteiger partial charge in [0.2, 0.25) is 0 Å². The summed E-state index contributed by atoms with van der Waals surface area (Å²) >= 11 is 0. The van der Waals surface area contributed by atoms with Gasteiger partial charge in [0.15, 0.2) is 0 Å². The lowest BCUT2D eigenvalue weighted by atomic mass is 10.1. The molecule has 2 heterocycles. The van der Waals surface area contributed by atoms with Crippen LogP contribution < -0.4 is 0 Å². The van der Waals surface area contributed by atoms with Crippen LogP contribution in [-0.4, -0.2) is 45.8 Å². The lowest BCUT2D eigenvalue weighted by molar-refractivity contribution is -0.000299. The highest BCUT2D eigenvalue weighted by Crippen LogP contribution is 2.25. The van der Waals surface area contributed by atoms with E-state index in [4.69, 9.17) is 4.74 Å². The SMILES string of the molecule is CC(C)(C)OC(=O)N1CC(n2cc3ccc(C=O)cc3n2)C1. The molecule has 0 saturated carbocycles. The van der Waals surface area contributed by atoms with E-state index in [1.54, 1.807) is 17.0 Å². The van der Waals surface area contributed by atoms with Gasteiger partial charge in [-0.05, 0) is 26.8 Å². The molecule has 6 heteroatoms. The molecule has 116 valence electrons. The Morgan fingerprint density at radius 2 is 2.09 bits per heavy atom. The van der Waals surface area contributed by atoms with Crippen LogP contribution in [0, 0.1) is 0 Å². The van der Waals surface area contributed by atoms with E-state index in [0.717, 1.165) is 17.2 Å². The highest BCUT2D eigenvalue weighted by molar-refractivity contribution is 5.86. The van der Waals surface area contributed by atoms with Crippen molar-refractivity contribution in [2.24, 2.45) is 0 Å². The molecule has 1 amide bonds. The largest absolute Gasteiger partial charge is 0.444 e. The number of aromatic nitrogens is 2. The van der Waals surface area contributed by atoms with Crippen LogP contribution in [-0.2, 0) is 4.74 Å². The molecule has 0 radical (unpaired) electrons. The van der Waals surface area contributed by atoms with Gasteiger partial charge in [0.05, 0.1) is 11.6 Å². The van der Waals surface area contributed by atoms with Crippen molar-refractivity contribution < 1.29 is 14.3 Å². The first-order valence-corrected chi connectivity index (χ1v) is 7.28. The van der Waals surface area contributed by atoms with Crippen LogP contribution in [0.25, 0.3) is 10.9 Å². The molecule has 0 spiro atoms. The second kappa shape index (κ2) is 5.12. The molecule has 6 nitrogen and oxygen atoms in total. The van der Waals surface area contributed by atoms with Crippen LogP contribution in [0.1, 0.15) is 37.2 Å². The van der Waals surface area contributed by atoms with Gasteiger partial charge >= 0.3 is 6.09 Å². The van der Waals surface area contributed by atoms with Gasteiger partial charge in [-0.1, -0.05) is 12.1 Å². The predicted octanol–water partition coefficient (Wildman–Crippen LogP) is 2.64. The van der Waals surface area contributed by atoms with Gasteiger partial charge in [0.1, 0.15) is 11.9 Å². The van der Waals surface area contributed by atoms with Crippen molar-refractivity contribution in [1.29, 1.82) is 0 Å². The molecule has 1 aliphatic heterocycles. The Balaban J connectivity index is 1.68. The zero-order valence-corrected chi connectivity index (χ0v) is 12.9.